The third kappa shape index (κ3) is 2.94. The van der Waals surface area contributed by atoms with E-state index in [0.29, 0.717) is 12.0 Å². The Labute approximate surface area is 97.6 Å². The van der Waals surface area contributed by atoms with Gasteiger partial charge in [0.05, 0.1) is 12.7 Å². The normalized spacial score (nSPS) is 28.1. The number of likely N-dealkylation sites (tertiary alicyclic amines) is 1. The van der Waals surface area contributed by atoms with Crippen LogP contribution in [0.1, 0.15) is 25.7 Å². The summed E-state index contributed by atoms with van der Waals surface area (Å²) >= 11 is 0. The summed E-state index contributed by atoms with van der Waals surface area (Å²) in [5.74, 6) is 0. The Morgan fingerprint density at radius 2 is 2.00 bits per heavy atom. The molecule has 2 heterocycles. The molecule has 94 valence electrons. The third-order valence-electron chi connectivity index (χ3n) is 4.08. The van der Waals surface area contributed by atoms with Crippen LogP contribution in [-0.2, 0) is 0 Å². The number of nitrogens with one attached hydrogen (secondary N) is 1. The molecule has 16 heavy (non-hydrogen) atoms. The van der Waals surface area contributed by atoms with Crippen LogP contribution in [0.4, 0.5) is 0 Å². The zero-order chi connectivity index (χ0) is 11.4. The maximum Gasteiger partial charge on any atom is 0.0897 e. The monoisotopic (exact) mass is 228 g/mol. The van der Waals surface area contributed by atoms with E-state index in [1.807, 2.05) is 0 Å². The van der Waals surface area contributed by atoms with Gasteiger partial charge in [-0.3, -0.25) is 0 Å². The average Bonchev–Trinajstić information content (AvgIpc) is 2.30. The first-order valence-corrected chi connectivity index (χ1v) is 6.46. The van der Waals surface area contributed by atoms with Gasteiger partial charge in [0.2, 0.25) is 0 Å². The molecular weight excluding hydrogens is 204 g/mol. The predicted octanol–water partition coefficient (Wildman–Crippen LogP) is -0.195. The van der Waals surface area contributed by atoms with E-state index >= 15 is 0 Å². The van der Waals surface area contributed by atoms with E-state index in [2.05, 4.69) is 10.2 Å². The molecule has 4 nitrogen and oxygen atoms in total. The molecule has 0 aromatic rings. The van der Waals surface area contributed by atoms with E-state index in [0.717, 1.165) is 26.2 Å². The first-order chi connectivity index (χ1) is 7.74. The van der Waals surface area contributed by atoms with E-state index in [-0.39, 0.29) is 6.61 Å². The molecule has 0 aromatic carbocycles. The summed E-state index contributed by atoms with van der Waals surface area (Å²) in [5, 5.41) is 21.8. The highest BCUT2D eigenvalue weighted by Gasteiger charge is 2.36. The summed E-state index contributed by atoms with van der Waals surface area (Å²) in [5.41, 5.74) is 0.485. The van der Waals surface area contributed by atoms with Gasteiger partial charge >= 0.3 is 0 Å². The Morgan fingerprint density at radius 1 is 1.25 bits per heavy atom. The number of β-amino-alcohol motifs (C(OH)–C–C–N with tert-alkyl or cyclic N) is 1. The summed E-state index contributed by atoms with van der Waals surface area (Å²) in [6.07, 6.45) is 4.52. The van der Waals surface area contributed by atoms with Gasteiger partial charge in [0, 0.05) is 13.1 Å². The highest BCUT2D eigenvalue weighted by atomic mass is 16.3. The van der Waals surface area contributed by atoms with Crippen LogP contribution in [0.25, 0.3) is 0 Å². The van der Waals surface area contributed by atoms with Gasteiger partial charge in [-0.1, -0.05) is 0 Å². The largest absolute Gasteiger partial charge is 0.394 e. The van der Waals surface area contributed by atoms with Gasteiger partial charge in [0.1, 0.15) is 0 Å². The topological polar surface area (TPSA) is 55.7 Å². The predicted molar refractivity (Wildman–Crippen MR) is 63.3 cm³/mol. The van der Waals surface area contributed by atoms with Crippen molar-refractivity contribution in [3.63, 3.8) is 0 Å². The second kappa shape index (κ2) is 5.45. The third-order valence-corrected chi connectivity index (χ3v) is 4.08. The fourth-order valence-electron chi connectivity index (χ4n) is 3.19. The van der Waals surface area contributed by atoms with E-state index in [1.54, 1.807) is 0 Å². The zero-order valence-corrected chi connectivity index (χ0v) is 9.99. The van der Waals surface area contributed by atoms with Crippen LogP contribution in [0.15, 0.2) is 0 Å². The lowest BCUT2D eigenvalue weighted by Crippen LogP contribution is -2.50. The molecule has 0 saturated carbocycles. The van der Waals surface area contributed by atoms with Gasteiger partial charge in [-0.25, -0.2) is 0 Å². The van der Waals surface area contributed by atoms with Crippen LogP contribution in [0.5, 0.6) is 0 Å². The van der Waals surface area contributed by atoms with E-state index in [9.17, 15) is 5.11 Å². The molecule has 0 aromatic heterocycles. The quantitative estimate of drug-likeness (QED) is 0.626. The molecule has 4 heteroatoms. The minimum Gasteiger partial charge on any atom is -0.394 e. The van der Waals surface area contributed by atoms with Crippen molar-refractivity contribution in [2.24, 2.45) is 5.41 Å². The van der Waals surface area contributed by atoms with Crippen LogP contribution < -0.4 is 5.32 Å². The van der Waals surface area contributed by atoms with E-state index in [4.69, 9.17) is 5.11 Å². The van der Waals surface area contributed by atoms with Crippen molar-refractivity contribution in [2.45, 2.75) is 31.8 Å². The number of aliphatic hydroxyl groups is 2. The van der Waals surface area contributed by atoms with Crippen molar-refractivity contribution < 1.29 is 10.2 Å². The molecular formula is C12H24N2O2. The second-order valence-electron chi connectivity index (χ2n) is 5.43. The Bertz CT molecular complexity index is 212. The molecule has 0 amide bonds. The number of hydrogen-bond acceptors (Lipinski definition) is 4. The van der Waals surface area contributed by atoms with Crippen molar-refractivity contribution in [3.8, 4) is 0 Å². The number of aliphatic hydroxyl groups excluding tert-OH is 2. The summed E-state index contributed by atoms with van der Waals surface area (Å²) in [6, 6.07) is 0. The molecule has 0 bridgehead atoms. The van der Waals surface area contributed by atoms with Crippen LogP contribution in [0, 0.1) is 5.41 Å². The van der Waals surface area contributed by atoms with Crippen LogP contribution >= 0.6 is 0 Å². The highest BCUT2D eigenvalue weighted by molar-refractivity contribution is 4.91. The lowest BCUT2D eigenvalue weighted by atomic mass is 9.73. The van der Waals surface area contributed by atoms with Crippen molar-refractivity contribution in [2.75, 3.05) is 39.3 Å². The number of hydrogen-bond donors (Lipinski definition) is 3. The van der Waals surface area contributed by atoms with Crippen molar-refractivity contribution in [1.29, 1.82) is 0 Å². The summed E-state index contributed by atoms with van der Waals surface area (Å²) in [6.45, 7) is 4.96. The van der Waals surface area contributed by atoms with Gasteiger partial charge in [-0.05, 0) is 50.7 Å². The molecule has 1 spiro atoms. The van der Waals surface area contributed by atoms with Gasteiger partial charge in [0.15, 0.2) is 0 Å². The lowest BCUT2D eigenvalue weighted by Gasteiger charge is -2.45. The van der Waals surface area contributed by atoms with Crippen LogP contribution in [0.3, 0.4) is 0 Å². The molecule has 2 rings (SSSR count). The molecule has 2 saturated heterocycles. The van der Waals surface area contributed by atoms with Gasteiger partial charge in [0.25, 0.3) is 0 Å². The summed E-state index contributed by atoms with van der Waals surface area (Å²) in [4.78, 5) is 2.33. The Morgan fingerprint density at radius 3 is 2.69 bits per heavy atom. The second-order valence-corrected chi connectivity index (χ2v) is 5.43. The average molecular weight is 228 g/mol. The van der Waals surface area contributed by atoms with Crippen molar-refractivity contribution >= 4 is 0 Å². The maximum atomic E-state index is 9.49. The van der Waals surface area contributed by atoms with E-state index in [1.165, 1.54) is 25.7 Å². The number of rotatable bonds is 3. The Balaban J connectivity index is 1.87. The van der Waals surface area contributed by atoms with Gasteiger partial charge in [-0.2, -0.15) is 0 Å². The van der Waals surface area contributed by atoms with Crippen molar-refractivity contribution in [3.05, 3.63) is 0 Å². The zero-order valence-electron chi connectivity index (χ0n) is 9.99. The van der Waals surface area contributed by atoms with Crippen LogP contribution in [0.2, 0.25) is 0 Å². The Kier molecular flexibility index (Phi) is 4.19. The number of piperidine rings is 2. The Hall–Kier alpha value is -0.160. The molecule has 3 N–H and O–H groups in total. The molecule has 2 aliphatic heterocycles. The minimum absolute atomic E-state index is 0.120. The molecule has 1 atom stereocenters. The van der Waals surface area contributed by atoms with Gasteiger partial charge < -0.3 is 20.4 Å². The van der Waals surface area contributed by atoms with Crippen LogP contribution in [-0.4, -0.2) is 60.5 Å². The molecule has 0 radical (unpaired) electrons. The molecule has 0 unspecified atom stereocenters. The summed E-state index contributed by atoms with van der Waals surface area (Å²) in [7, 11) is 0. The fourth-order valence-corrected chi connectivity index (χ4v) is 3.19. The first kappa shape index (κ1) is 12.3. The van der Waals surface area contributed by atoms with Gasteiger partial charge in [-0.15, -0.1) is 0 Å². The highest BCUT2D eigenvalue weighted by Crippen LogP contribution is 2.37. The number of nitrogens with zero attached hydrogens (tertiary/aromatic N) is 1. The molecule has 0 aliphatic carbocycles. The minimum atomic E-state index is -0.572. The molecule has 2 fully saturated rings. The van der Waals surface area contributed by atoms with E-state index < -0.39 is 6.10 Å². The van der Waals surface area contributed by atoms with Crippen molar-refractivity contribution in [1.82, 2.24) is 10.2 Å². The molecule has 2 aliphatic rings. The fraction of sp³-hybridized carbons (Fsp3) is 1.00. The summed E-state index contributed by atoms with van der Waals surface area (Å²) < 4.78 is 0. The first-order valence-electron chi connectivity index (χ1n) is 6.46. The standard InChI is InChI=1S/C12H24N2O2/c15-9-11(16)8-14-7-1-2-12(10-14)3-5-13-6-4-12/h11,13,15-16H,1-10H2/t11-/m0/s1. The lowest BCUT2D eigenvalue weighted by molar-refractivity contribution is 0.0106. The maximum absolute atomic E-state index is 9.49. The SMILES string of the molecule is OC[C@@H](O)CN1CCCC2(CCNCC2)C1. The smallest absolute Gasteiger partial charge is 0.0897 e.